The van der Waals surface area contributed by atoms with E-state index in [4.69, 9.17) is 4.74 Å². The maximum atomic E-state index is 12.0. The number of fused-ring (bicyclic) bond motifs is 1. The monoisotopic (exact) mass is 240 g/mol. The molecule has 0 aromatic heterocycles. The van der Waals surface area contributed by atoms with Gasteiger partial charge in [0.2, 0.25) is 9.84 Å². The summed E-state index contributed by atoms with van der Waals surface area (Å²) in [5.41, 5.74) is 0.565. The molecule has 0 saturated heterocycles. The van der Waals surface area contributed by atoms with Gasteiger partial charge in [0.1, 0.15) is 5.75 Å². The van der Waals surface area contributed by atoms with E-state index in [0.29, 0.717) is 11.3 Å². The zero-order valence-electron chi connectivity index (χ0n) is 8.97. The number of ether oxygens (including phenoxy) is 1. The molecule has 86 valence electrons. The Hall–Kier alpha value is -1.33. The molecule has 0 fully saturated rings. The van der Waals surface area contributed by atoms with Crippen LogP contribution in [-0.2, 0) is 9.84 Å². The number of hydrogen-bond donors (Lipinski definition) is 1. The van der Waals surface area contributed by atoms with Crippen LogP contribution in [0.25, 0.3) is 6.08 Å². The number of sulfone groups is 1. The third-order valence-corrected chi connectivity index (χ3v) is 4.56. The van der Waals surface area contributed by atoms with Crippen molar-refractivity contribution in [3.63, 3.8) is 0 Å². The van der Waals surface area contributed by atoms with Gasteiger partial charge in [-0.25, -0.2) is 8.42 Å². The Labute approximate surface area is 94.1 Å². The van der Waals surface area contributed by atoms with E-state index in [2.05, 4.69) is 0 Å². The topological polar surface area (TPSA) is 63.6 Å². The number of methoxy groups -OCH3 is 1. The minimum atomic E-state index is -3.52. The molecule has 16 heavy (non-hydrogen) atoms. The lowest BCUT2D eigenvalue weighted by Gasteiger charge is -2.06. The van der Waals surface area contributed by atoms with Crippen molar-refractivity contribution >= 4 is 15.9 Å². The van der Waals surface area contributed by atoms with Gasteiger partial charge >= 0.3 is 0 Å². The summed E-state index contributed by atoms with van der Waals surface area (Å²) in [5.74, 6) is 0.594. The highest BCUT2D eigenvalue weighted by Crippen LogP contribution is 2.36. The van der Waals surface area contributed by atoms with E-state index < -0.39 is 15.9 Å². The van der Waals surface area contributed by atoms with Gasteiger partial charge in [-0.05, 0) is 36.8 Å². The maximum absolute atomic E-state index is 12.0. The second-order valence-electron chi connectivity index (χ2n) is 3.63. The molecular weight excluding hydrogens is 228 g/mol. The molecular formula is C11H12O4S. The smallest absolute Gasteiger partial charge is 0.205 e. The summed E-state index contributed by atoms with van der Waals surface area (Å²) in [5, 5.41) is 9.41. The fourth-order valence-corrected chi connectivity index (χ4v) is 3.37. The molecule has 1 atom stereocenters. The maximum Gasteiger partial charge on any atom is 0.205 e. The standard InChI is InChI=1S/C11H12O4S/c1-7(12)11-6-8-5-9(15-2)3-4-10(8)16(11,13)14/h3-7,12H,1-2H3. The van der Waals surface area contributed by atoms with Gasteiger partial charge in [-0.15, -0.1) is 0 Å². The second-order valence-corrected chi connectivity index (χ2v) is 5.55. The molecule has 0 saturated carbocycles. The Bertz CT molecular complexity index is 555. The number of benzene rings is 1. The number of rotatable bonds is 2. The summed E-state index contributed by atoms with van der Waals surface area (Å²) in [7, 11) is -2.00. The first kappa shape index (κ1) is 11.2. The molecule has 1 aliphatic rings. The number of hydrogen-bond acceptors (Lipinski definition) is 4. The normalized spacial score (nSPS) is 18.8. The van der Waals surface area contributed by atoms with Gasteiger partial charge in [-0.3, -0.25) is 0 Å². The average Bonchev–Trinajstić information content (AvgIpc) is 2.50. The molecule has 1 aromatic carbocycles. The summed E-state index contributed by atoms with van der Waals surface area (Å²) in [6.07, 6.45) is 0.487. The molecule has 1 N–H and O–H groups in total. The second kappa shape index (κ2) is 3.61. The van der Waals surface area contributed by atoms with Gasteiger partial charge in [0.25, 0.3) is 0 Å². The Morgan fingerprint density at radius 3 is 2.62 bits per heavy atom. The van der Waals surface area contributed by atoms with Crippen molar-refractivity contribution in [3.8, 4) is 5.75 Å². The van der Waals surface area contributed by atoms with Gasteiger partial charge in [-0.2, -0.15) is 0 Å². The summed E-state index contributed by atoms with van der Waals surface area (Å²) in [6, 6.07) is 4.73. The Balaban J connectivity index is 2.63. The van der Waals surface area contributed by atoms with Crippen LogP contribution in [0.3, 0.4) is 0 Å². The fraction of sp³-hybridized carbons (Fsp3) is 0.273. The van der Waals surface area contributed by atoms with Crippen molar-refractivity contribution in [2.75, 3.05) is 7.11 Å². The zero-order chi connectivity index (χ0) is 11.9. The summed E-state index contributed by atoms with van der Waals surface area (Å²) < 4.78 is 28.9. The predicted molar refractivity (Wildman–Crippen MR) is 59.8 cm³/mol. The first-order valence-electron chi connectivity index (χ1n) is 4.79. The van der Waals surface area contributed by atoms with Gasteiger partial charge in [0.15, 0.2) is 0 Å². The lowest BCUT2D eigenvalue weighted by atomic mass is 10.2. The lowest BCUT2D eigenvalue weighted by Crippen LogP contribution is -2.11. The van der Waals surface area contributed by atoms with Crippen LogP contribution in [0.5, 0.6) is 5.75 Å². The molecule has 1 unspecified atom stereocenters. The zero-order valence-corrected chi connectivity index (χ0v) is 9.78. The molecule has 0 aliphatic carbocycles. The van der Waals surface area contributed by atoms with E-state index >= 15 is 0 Å². The highest BCUT2D eigenvalue weighted by molar-refractivity contribution is 7.96. The lowest BCUT2D eigenvalue weighted by molar-refractivity contribution is 0.240. The predicted octanol–water partition coefficient (Wildman–Crippen LogP) is 1.20. The molecule has 0 amide bonds. The van der Waals surface area contributed by atoms with Crippen molar-refractivity contribution in [3.05, 3.63) is 28.7 Å². The average molecular weight is 240 g/mol. The van der Waals surface area contributed by atoms with Crippen LogP contribution >= 0.6 is 0 Å². The Morgan fingerprint density at radius 2 is 2.06 bits per heavy atom. The highest BCUT2D eigenvalue weighted by Gasteiger charge is 2.32. The third-order valence-electron chi connectivity index (χ3n) is 2.53. The summed E-state index contributed by atoms with van der Waals surface area (Å²) in [4.78, 5) is 0.264. The van der Waals surface area contributed by atoms with E-state index in [-0.39, 0.29) is 9.80 Å². The van der Waals surface area contributed by atoms with Crippen LogP contribution in [0.2, 0.25) is 0 Å². The van der Waals surface area contributed by atoms with Crippen LogP contribution < -0.4 is 4.74 Å². The largest absolute Gasteiger partial charge is 0.497 e. The van der Waals surface area contributed by atoms with Gasteiger partial charge in [0.05, 0.1) is 23.0 Å². The Morgan fingerprint density at radius 1 is 1.38 bits per heavy atom. The fourth-order valence-electron chi connectivity index (χ4n) is 1.71. The Kier molecular flexibility index (Phi) is 2.52. The van der Waals surface area contributed by atoms with Crippen molar-refractivity contribution in [1.82, 2.24) is 0 Å². The summed E-state index contributed by atoms with van der Waals surface area (Å²) >= 11 is 0. The minimum Gasteiger partial charge on any atom is -0.497 e. The minimum absolute atomic E-state index is 0.0377. The van der Waals surface area contributed by atoms with Crippen molar-refractivity contribution in [2.24, 2.45) is 0 Å². The summed E-state index contributed by atoms with van der Waals surface area (Å²) in [6.45, 7) is 1.44. The highest BCUT2D eigenvalue weighted by atomic mass is 32.2. The van der Waals surface area contributed by atoms with Crippen LogP contribution in [0.4, 0.5) is 0 Å². The molecule has 1 aliphatic heterocycles. The van der Waals surface area contributed by atoms with E-state index in [1.165, 1.54) is 26.2 Å². The SMILES string of the molecule is COc1ccc2c(c1)C=C(C(C)O)S2(=O)=O. The molecule has 5 heteroatoms. The first-order chi connectivity index (χ1) is 7.46. The van der Waals surface area contributed by atoms with Gasteiger partial charge < -0.3 is 9.84 Å². The van der Waals surface area contributed by atoms with E-state index in [9.17, 15) is 13.5 Å². The third kappa shape index (κ3) is 1.52. The van der Waals surface area contributed by atoms with Gasteiger partial charge in [0, 0.05) is 0 Å². The molecule has 1 heterocycles. The molecule has 0 radical (unpaired) electrons. The van der Waals surface area contributed by atoms with Crippen LogP contribution in [0, 0.1) is 0 Å². The number of aliphatic hydroxyl groups excluding tert-OH is 1. The van der Waals surface area contributed by atoms with Crippen LogP contribution in [0.15, 0.2) is 28.0 Å². The number of aliphatic hydroxyl groups is 1. The van der Waals surface area contributed by atoms with E-state index in [1.807, 2.05) is 0 Å². The van der Waals surface area contributed by atoms with Crippen molar-refractivity contribution < 1.29 is 18.3 Å². The molecule has 0 spiro atoms. The first-order valence-corrected chi connectivity index (χ1v) is 6.28. The van der Waals surface area contributed by atoms with E-state index in [0.717, 1.165) is 0 Å². The van der Waals surface area contributed by atoms with Crippen molar-refractivity contribution in [2.45, 2.75) is 17.9 Å². The molecule has 1 aromatic rings. The molecule has 4 nitrogen and oxygen atoms in total. The van der Waals surface area contributed by atoms with E-state index in [1.54, 1.807) is 12.1 Å². The quantitative estimate of drug-likeness (QED) is 0.843. The molecule has 2 rings (SSSR count). The van der Waals surface area contributed by atoms with Crippen molar-refractivity contribution in [1.29, 1.82) is 0 Å². The van der Waals surface area contributed by atoms with Crippen LogP contribution in [-0.4, -0.2) is 26.7 Å². The molecule has 0 bridgehead atoms. The van der Waals surface area contributed by atoms with Gasteiger partial charge in [-0.1, -0.05) is 0 Å². The van der Waals surface area contributed by atoms with Crippen LogP contribution in [0.1, 0.15) is 12.5 Å².